The van der Waals surface area contributed by atoms with E-state index in [1.165, 1.54) is 0 Å². The van der Waals surface area contributed by atoms with Gasteiger partial charge in [-0.2, -0.15) is 5.10 Å². The van der Waals surface area contributed by atoms with Crippen molar-refractivity contribution in [2.75, 3.05) is 13.1 Å². The highest BCUT2D eigenvalue weighted by atomic mass is 35.5. The number of halogens is 1. The van der Waals surface area contributed by atoms with Crippen LogP contribution in [0, 0.1) is 6.92 Å². The summed E-state index contributed by atoms with van der Waals surface area (Å²) in [6.45, 7) is 7.88. The summed E-state index contributed by atoms with van der Waals surface area (Å²) < 4.78 is 1.89. The molecule has 0 aromatic carbocycles. The standard InChI is InChI=1S/C11H17ClN4S/c1-3-5-13-11(17)14-6-4-7-16-9(2)10(12)8-15-16/h3,8H,1,4-7H2,2H3,(H2,13,14,17). The smallest absolute Gasteiger partial charge is 0.166 e. The van der Waals surface area contributed by atoms with E-state index in [2.05, 4.69) is 22.3 Å². The van der Waals surface area contributed by atoms with Crippen LogP contribution in [0.5, 0.6) is 0 Å². The molecule has 6 heteroatoms. The molecule has 1 aromatic rings. The first-order valence-electron chi connectivity index (χ1n) is 5.45. The Labute approximate surface area is 112 Å². The van der Waals surface area contributed by atoms with Crippen molar-refractivity contribution in [2.45, 2.75) is 19.9 Å². The summed E-state index contributed by atoms with van der Waals surface area (Å²) in [6, 6.07) is 0. The second-order valence-corrected chi connectivity index (χ2v) is 4.40. The highest BCUT2D eigenvalue weighted by molar-refractivity contribution is 7.80. The zero-order chi connectivity index (χ0) is 12.7. The van der Waals surface area contributed by atoms with Crippen LogP contribution in [0.15, 0.2) is 18.9 Å². The Balaban J connectivity index is 2.18. The molecule has 1 rings (SSSR count). The maximum atomic E-state index is 5.91. The first-order valence-corrected chi connectivity index (χ1v) is 6.24. The van der Waals surface area contributed by atoms with Crippen molar-refractivity contribution < 1.29 is 0 Å². The highest BCUT2D eigenvalue weighted by Gasteiger charge is 2.02. The largest absolute Gasteiger partial charge is 0.363 e. The van der Waals surface area contributed by atoms with E-state index in [9.17, 15) is 0 Å². The quantitative estimate of drug-likeness (QED) is 0.471. The molecule has 0 radical (unpaired) electrons. The predicted molar refractivity (Wildman–Crippen MR) is 75.4 cm³/mol. The van der Waals surface area contributed by atoms with Gasteiger partial charge in [0.2, 0.25) is 0 Å². The van der Waals surface area contributed by atoms with E-state index < -0.39 is 0 Å². The Bertz CT molecular complexity index is 389. The summed E-state index contributed by atoms with van der Waals surface area (Å²) in [4.78, 5) is 0. The SMILES string of the molecule is C=CCNC(=S)NCCCn1ncc(Cl)c1C. The van der Waals surface area contributed by atoms with Crippen LogP contribution in [0.25, 0.3) is 0 Å². The number of thiocarbonyl (C=S) groups is 1. The zero-order valence-electron chi connectivity index (χ0n) is 9.87. The van der Waals surface area contributed by atoms with Gasteiger partial charge in [-0.15, -0.1) is 6.58 Å². The summed E-state index contributed by atoms with van der Waals surface area (Å²) in [6.07, 6.45) is 4.37. The van der Waals surface area contributed by atoms with Gasteiger partial charge in [0.1, 0.15) is 0 Å². The lowest BCUT2D eigenvalue weighted by Gasteiger charge is -2.09. The maximum absolute atomic E-state index is 5.91. The first-order chi connectivity index (χ1) is 8.15. The number of nitrogens with one attached hydrogen (secondary N) is 2. The number of aromatic nitrogens is 2. The van der Waals surface area contributed by atoms with Crippen LogP contribution in [0.2, 0.25) is 5.02 Å². The van der Waals surface area contributed by atoms with Crippen molar-refractivity contribution >= 4 is 28.9 Å². The fraction of sp³-hybridized carbons (Fsp3) is 0.455. The van der Waals surface area contributed by atoms with Crippen molar-refractivity contribution in [1.29, 1.82) is 0 Å². The van der Waals surface area contributed by atoms with Gasteiger partial charge in [-0.3, -0.25) is 4.68 Å². The molecule has 0 unspecified atom stereocenters. The van der Waals surface area contributed by atoms with E-state index >= 15 is 0 Å². The Morgan fingerprint density at radius 2 is 2.41 bits per heavy atom. The molecule has 94 valence electrons. The molecule has 4 nitrogen and oxygen atoms in total. The van der Waals surface area contributed by atoms with E-state index in [0.29, 0.717) is 16.7 Å². The van der Waals surface area contributed by atoms with Gasteiger partial charge in [-0.05, 0) is 25.6 Å². The predicted octanol–water partition coefficient (Wildman–Crippen LogP) is 1.89. The van der Waals surface area contributed by atoms with Gasteiger partial charge >= 0.3 is 0 Å². The fourth-order valence-electron chi connectivity index (χ4n) is 1.31. The third-order valence-corrected chi connectivity index (χ3v) is 2.94. The monoisotopic (exact) mass is 272 g/mol. The van der Waals surface area contributed by atoms with Gasteiger partial charge in [0.25, 0.3) is 0 Å². The minimum absolute atomic E-state index is 0.653. The van der Waals surface area contributed by atoms with Gasteiger partial charge < -0.3 is 10.6 Å². The second kappa shape index (κ2) is 7.29. The molecule has 0 amide bonds. The lowest BCUT2D eigenvalue weighted by atomic mass is 10.4. The van der Waals surface area contributed by atoms with Crippen LogP contribution in [0.3, 0.4) is 0 Å². The molecule has 0 saturated heterocycles. The number of nitrogens with zero attached hydrogens (tertiary/aromatic N) is 2. The minimum Gasteiger partial charge on any atom is -0.363 e. The van der Waals surface area contributed by atoms with Crippen LogP contribution >= 0.6 is 23.8 Å². The highest BCUT2D eigenvalue weighted by Crippen LogP contribution is 2.13. The second-order valence-electron chi connectivity index (χ2n) is 3.58. The van der Waals surface area contributed by atoms with E-state index in [1.54, 1.807) is 12.3 Å². The van der Waals surface area contributed by atoms with E-state index in [0.717, 1.165) is 25.2 Å². The Morgan fingerprint density at radius 1 is 1.65 bits per heavy atom. The van der Waals surface area contributed by atoms with Crippen molar-refractivity contribution in [2.24, 2.45) is 0 Å². The summed E-state index contributed by atoms with van der Waals surface area (Å²) >= 11 is 11.0. The Kier molecular flexibility index (Phi) is 6.00. The number of aryl methyl sites for hydroxylation is 1. The molecular formula is C11H17ClN4S. The van der Waals surface area contributed by atoms with Crippen molar-refractivity contribution in [3.63, 3.8) is 0 Å². The van der Waals surface area contributed by atoms with Crippen LogP contribution in [-0.4, -0.2) is 28.0 Å². The Morgan fingerprint density at radius 3 is 3.00 bits per heavy atom. The van der Waals surface area contributed by atoms with Gasteiger partial charge in [-0.25, -0.2) is 0 Å². The molecule has 0 spiro atoms. The third-order valence-electron chi connectivity index (χ3n) is 2.28. The normalized spacial score (nSPS) is 10.0. The maximum Gasteiger partial charge on any atom is 0.166 e. The third kappa shape index (κ3) is 4.75. The van der Waals surface area contributed by atoms with E-state index in [4.69, 9.17) is 23.8 Å². The number of hydrogen-bond acceptors (Lipinski definition) is 2. The molecule has 1 heterocycles. The minimum atomic E-state index is 0.653. The van der Waals surface area contributed by atoms with Crippen LogP contribution in [0.1, 0.15) is 12.1 Å². The van der Waals surface area contributed by atoms with Crippen LogP contribution in [-0.2, 0) is 6.54 Å². The molecule has 0 fully saturated rings. The molecule has 1 aromatic heterocycles. The van der Waals surface area contributed by atoms with Crippen LogP contribution < -0.4 is 10.6 Å². The summed E-state index contributed by atoms with van der Waals surface area (Å²) in [5.74, 6) is 0. The lowest BCUT2D eigenvalue weighted by molar-refractivity contribution is 0.560. The number of hydrogen-bond donors (Lipinski definition) is 2. The topological polar surface area (TPSA) is 41.9 Å². The molecule has 0 atom stereocenters. The lowest BCUT2D eigenvalue weighted by Crippen LogP contribution is -2.36. The zero-order valence-corrected chi connectivity index (χ0v) is 11.4. The van der Waals surface area contributed by atoms with Crippen molar-refractivity contribution in [3.8, 4) is 0 Å². The van der Waals surface area contributed by atoms with Gasteiger partial charge in [0, 0.05) is 19.6 Å². The Hall–Kier alpha value is -1.07. The average Bonchev–Trinajstić information content (AvgIpc) is 2.63. The summed E-state index contributed by atoms with van der Waals surface area (Å²) in [7, 11) is 0. The molecule has 0 bridgehead atoms. The summed E-state index contributed by atoms with van der Waals surface area (Å²) in [5.41, 5.74) is 0.999. The molecule has 17 heavy (non-hydrogen) atoms. The van der Waals surface area contributed by atoms with Crippen molar-refractivity contribution in [1.82, 2.24) is 20.4 Å². The fourth-order valence-corrected chi connectivity index (χ4v) is 1.63. The molecule has 0 aliphatic rings. The molecule has 2 N–H and O–H groups in total. The number of rotatable bonds is 6. The van der Waals surface area contributed by atoms with Gasteiger partial charge in [0.15, 0.2) is 5.11 Å². The van der Waals surface area contributed by atoms with Gasteiger partial charge in [-0.1, -0.05) is 17.7 Å². The van der Waals surface area contributed by atoms with Gasteiger partial charge in [0.05, 0.1) is 16.9 Å². The molecule has 0 saturated carbocycles. The average molecular weight is 273 g/mol. The van der Waals surface area contributed by atoms with Crippen LogP contribution in [0.4, 0.5) is 0 Å². The van der Waals surface area contributed by atoms with Crippen molar-refractivity contribution in [3.05, 3.63) is 29.6 Å². The van der Waals surface area contributed by atoms with E-state index in [-0.39, 0.29) is 0 Å². The summed E-state index contributed by atoms with van der Waals surface area (Å²) in [5, 5.41) is 11.7. The molecule has 0 aliphatic carbocycles. The first kappa shape index (κ1) is 14.0. The molecule has 0 aliphatic heterocycles. The molecular weight excluding hydrogens is 256 g/mol. The van der Waals surface area contributed by atoms with E-state index in [1.807, 2.05) is 11.6 Å².